The van der Waals surface area contributed by atoms with E-state index in [4.69, 9.17) is 10.5 Å². The molecule has 0 amide bonds. The topological polar surface area (TPSA) is 61.0 Å². The van der Waals surface area contributed by atoms with Gasteiger partial charge in [0.2, 0.25) is 0 Å². The Balaban J connectivity index is 2.31. The fraction of sp³-hybridized carbons (Fsp3) is 0.474. The lowest BCUT2D eigenvalue weighted by molar-refractivity contribution is 0.139. The normalized spacial score (nSPS) is 13.9. The maximum atomic E-state index is 14.0. The average molecular weight is 367 g/mol. The molecule has 1 atom stereocenters. The highest BCUT2D eigenvalue weighted by molar-refractivity contribution is 5.62. The highest BCUT2D eigenvalue weighted by Gasteiger charge is 2.24. The Morgan fingerprint density at radius 3 is 2.50 bits per heavy atom. The van der Waals surface area contributed by atoms with Gasteiger partial charge in [0.05, 0.1) is 23.7 Å². The third-order valence-corrected chi connectivity index (χ3v) is 3.83. The van der Waals surface area contributed by atoms with Gasteiger partial charge in [-0.2, -0.15) is 0 Å². The number of nitrogens with zero attached hydrogens (tertiary/aromatic N) is 2. The van der Waals surface area contributed by atoms with E-state index in [-0.39, 0.29) is 29.2 Å². The van der Waals surface area contributed by atoms with Gasteiger partial charge < -0.3 is 10.5 Å². The predicted molar refractivity (Wildman–Crippen MR) is 94.7 cm³/mol. The van der Waals surface area contributed by atoms with Crippen LogP contribution in [0.2, 0.25) is 0 Å². The van der Waals surface area contributed by atoms with Crippen LogP contribution in [-0.4, -0.2) is 22.1 Å². The van der Waals surface area contributed by atoms with Crippen molar-refractivity contribution in [3.63, 3.8) is 0 Å². The van der Waals surface area contributed by atoms with Crippen LogP contribution in [0.5, 0.6) is 5.75 Å². The van der Waals surface area contributed by atoms with E-state index >= 15 is 0 Å². The summed E-state index contributed by atoms with van der Waals surface area (Å²) < 4.78 is 46.5. The smallest absolute Gasteiger partial charge is 0.267 e. The molecule has 7 heteroatoms. The molecule has 2 aromatic heterocycles. The lowest BCUT2D eigenvalue weighted by Crippen LogP contribution is -2.43. The molecule has 0 bridgehead atoms. The van der Waals surface area contributed by atoms with E-state index in [1.807, 2.05) is 20.8 Å². The van der Waals surface area contributed by atoms with E-state index in [1.165, 1.54) is 12.3 Å². The molecule has 2 rings (SSSR count). The van der Waals surface area contributed by atoms with Gasteiger partial charge in [0.1, 0.15) is 12.4 Å². The van der Waals surface area contributed by atoms with Crippen molar-refractivity contribution in [3.8, 4) is 17.0 Å². The molecule has 0 aliphatic heterocycles. The van der Waals surface area contributed by atoms with Crippen LogP contribution in [-0.2, 0) is 0 Å². The largest absolute Gasteiger partial charge is 0.490 e. The highest BCUT2D eigenvalue weighted by atomic mass is 19.3. The second-order valence-corrected chi connectivity index (χ2v) is 7.25. The van der Waals surface area contributed by atoms with E-state index in [2.05, 4.69) is 9.97 Å². The molecule has 1 unspecified atom stereocenters. The van der Waals surface area contributed by atoms with Gasteiger partial charge in [0, 0.05) is 16.8 Å². The Hall–Kier alpha value is -2.15. The Bertz CT molecular complexity index is 764. The van der Waals surface area contributed by atoms with Crippen molar-refractivity contribution in [2.45, 2.75) is 46.1 Å². The van der Waals surface area contributed by atoms with Crippen LogP contribution in [0.25, 0.3) is 11.3 Å². The maximum Gasteiger partial charge on any atom is 0.267 e. The summed E-state index contributed by atoms with van der Waals surface area (Å²) in [6.07, 6.45) is 0.137. The van der Waals surface area contributed by atoms with Crippen molar-refractivity contribution < 1.29 is 17.9 Å². The summed E-state index contributed by atoms with van der Waals surface area (Å²) >= 11 is 0. The molecule has 2 N–H and O–H groups in total. The second kappa shape index (κ2) is 8.03. The summed E-state index contributed by atoms with van der Waals surface area (Å²) in [5.41, 5.74) is 5.95. The van der Waals surface area contributed by atoms with Gasteiger partial charge in [0.25, 0.3) is 6.43 Å². The van der Waals surface area contributed by atoms with Crippen LogP contribution in [0, 0.1) is 18.7 Å². The van der Waals surface area contributed by atoms with E-state index in [1.54, 1.807) is 6.92 Å². The van der Waals surface area contributed by atoms with Gasteiger partial charge in [-0.25, -0.2) is 13.2 Å². The molecule has 2 heterocycles. The quantitative estimate of drug-likeness (QED) is 0.772. The summed E-state index contributed by atoms with van der Waals surface area (Å²) in [4.78, 5) is 7.92. The Morgan fingerprint density at radius 1 is 1.19 bits per heavy atom. The number of aromatic nitrogens is 2. The monoisotopic (exact) mass is 367 g/mol. The maximum absolute atomic E-state index is 14.0. The average Bonchev–Trinajstić information content (AvgIpc) is 2.54. The predicted octanol–water partition coefficient (Wildman–Crippen LogP) is 4.67. The van der Waals surface area contributed by atoms with Gasteiger partial charge in [-0.3, -0.25) is 9.97 Å². The molecule has 0 aliphatic carbocycles. The van der Waals surface area contributed by atoms with E-state index in [9.17, 15) is 13.2 Å². The number of aryl methyl sites for hydroxylation is 1. The van der Waals surface area contributed by atoms with Crippen molar-refractivity contribution in [1.29, 1.82) is 0 Å². The summed E-state index contributed by atoms with van der Waals surface area (Å²) in [5.74, 6) is -0.319. The summed E-state index contributed by atoms with van der Waals surface area (Å²) in [5, 5.41) is 0. The van der Waals surface area contributed by atoms with Crippen molar-refractivity contribution in [3.05, 3.63) is 41.6 Å². The fourth-order valence-corrected chi connectivity index (χ4v) is 2.87. The van der Waals surface area contributed by atoms with Gasteiger partial charge >= 0.3 is 0 Å². The number of pyridine rings is 2. The molecule has 26 heavy (non-hydrogen) atoms. The number of hydrogen-bond donors (Lipinski definition) is 1. The lowest BCUT2D eigenvalue weighted by atomic mass is 9.93. The van der Waals surface area contributed by atoms with Gasteiger partial charge in [-0.05, 0) is 38.3 Å². The molecule has 0 spiro atoms. The number of alkyl halides is 2. The number of nitrogens with two attached hydrogens (primary N) is 1. The second-order valence-electron chi connectivity index (χ2n) is 7.25. The molecule has 0 saturated heterocycles. The first kappa shape index (κ1) is 20.2. The van der Waals surface area contributed by atoms with Crippen LogP contribution in [0.1, 0.15) is 44.9 Å². The van der Waals surface area contributed by atoms with Crippen molar-refractivity contribution >= 4 is 0 Å². The minimum absolute atomic E-state index is 0.0460. The minimum atomic E-state index is -2.79. The van der Waals surface area contributed by atoms with Crippen molar-refractivity contribution in [2.75, 3.05) is 6.61 Å². The Labute approximate surface area is 151 Å². The zero-order chi connectivity index (χ0) is 19.5. The SMILES string of the molecule is Cc1cc(-c2cc(C(F)F)c(OCC(C)(N)CC(C)C)cn2)c(F)cn1. The number of ether oxygens (including phenoxy) is 1. The standard InChI is InChI=1S/C19H24F3N3O/c1-11(2)7-19(4,23)10-26-17-9-25-16(6-14(17)18(21)22)13-5-12(3)24-8-15(13)20/h5-6,8-9,11,18H,7,10,23H2,1-4H3. The molecule has 0 radical (unpaired) electrons. The van der Waals surface area contributed by atoms with E-state index in [0.717, 1.165) is 12.3 Å². The van der Waals surface area contributed by atoms with Crippen molar-refractivity contribution in [2.24, 2.45) is 11.7 Å². The van der Waals surface area contributed by atoms with Crippen LogP contribution < -0.4 is 10.5 Å². The van der Waals surface area contributed by atoms with Gasteiger partial charge in [-0.15, -0.1) is 0 Å². The first-order valence-electron chi connectivity index (χ1n) is 8.41. The fourth-order valence-electron chi connectivity index (χ4n) is 2.87. The zero-order valence-corrected chi connectivity index (χ0v) is 15.4. The van der Waals surface area contributed by atoms with Crippen LogP contribution >= 0.6 is 0 Å². The zero-order valence-electron chi connectivity index (χ0n) is 15.4. The summed E-state index contributed by atoms with van der Waals surface area (Å²) in [6, 6.07) is 2.61. The molecule has 142 valence electrons. The first-order chi connectivity index (χ1) is 12.1. The molecule has 0 saturated carbocycles. The van der Waals surface area contributed by atoms with Gasteiger partial charge in [0.15, 0.2) is 5.82 Å². The third-order valence-electron chi connectivity index (χ3n) is 3.83. The van der Waals surface area contributed by atoms with Crippen LogP contribution in [0.15, 0.2) is 24.5 Å². The van der Waals surface area contributed by atoms with E-state index in [0.29, 0.717) is 18.0 Å². The molecule has 2 aromatic rings. The Morgan fingerprint density at radius 2 is 1.88 bits per heavy atom. The van der Waals surface area contributed by atoms with Gasteiger partial charge in [-0.1, -0.05) is 13.8 Å². The molecule has 0 fully saturated rings. The molecule has 0 aromatic carbocycles. The number of hydrogen-bond acceptors (Lipinski definition) is 4. The van der Waals surface area contributed by atoms with Crippen LogP contribution in [0.3, 0.4) is 0 Å². The number of rotatable bonds is 7. The summed E-state index contributed by atoms with van der Waals surface area (Å²) in [6.45, 7) is 7.63. The van der Waals surface area contributed by atoms with E-state index < -0.39 is 17.8 Å². The highest BCUT2D eigenvalue weighted by Crippen LogP contribution is 2.33. The number of halogens is 3. The first-order valence-corrected chi connectivity index (χ1v) is 8.41. The molecule has 0 aliphatic rings. The minimum Gasteiger partial charge on any atom is -0.490 e. The molecular formula is C19H24F3N3O. The Kier molecular flexibility index (Phi) is 6.23. The van der Waals surface area contributed by atoms with Crippen molar-refractivity contribution in [1.82, 2.24) is 9.97 Å². The lowest BCUT2D eigenvalue weighted by Gasteiger charge is -2.27. The molecule has 4 nitrogen and oxygen atoms in total. The van der Waals surface area contributed by atoms with Crippen LogP contribution in [0.4, 0.5) is 13.2 Å². The molecular weight excluding hydrogens is 343 g/mol. The summed E-state index contributed by atoms with van der Waals surface area (Å²) in [7, 11) is 0. The third kappa shape index (κ3) is 5.17.